The van der Waals surface area contributed by atoms with Crippen LogP contribution in [0.5, 0.6) is 11.5 Å². The summed E-state index contributed by atoms with van der Waals surface area (Å²) in [5, 5.41) is 3.08. The van der Waals surface area contributed by atoms with Crippen LogP contribution in [0.25, 0.3) is 6.08 Å². The Kier molecular flexibility index (Phi) is 7.05. The van der Waals surface area contributed by atoms with E-state index < -0.39 is 18.5 Å². The van der Waals surface area contributed by atoms with Crippen molar-refractivity contribution in [1.29, 1.82) is 0 Å². The van der Waals surface area contributed by atoms with Crippen molar-refractivity contribution in [3.05, 3.63) is 59.1 Å². The van der Waals surface area contributed by atoms with Crippen molar-refractivity contribution in [1.82, 2.24) is 0 Å². The monoisotopic (exact) mass is 375 g/mol. The molecule has 1 N–H and O–H groups in total. The molecule has 0 atom stereocenters. The summed E-state index contributed by atoms with van der Waals surface area (Å²) in [5.74, 6) is 0.0809. The summed E-state index contributed by atoms with van der Waals surface area (Å²) in [5.41, 5.74) is 1.17. The van der Waals surface area contributed by atoms with Gasteiger partial charge in [-0.1, -0.05) is 17.7 Å². The van der Waals surface area contributed by atoms with Crippen LogP contribution in [0.1, 0.15) is 5.56 Å². The van der Waals surface area contributed by atoms with E-state index in [0.717, 1.165) is 0 Å². The first-order valence-corrected chi connectivity index (χ1v) is 8.02. The van der Waals surface area contributed by atoms with E-state index >= 15 is 0 Å². The Morgan fingerprint density at radius 1 is 1.12 bits per heavy atom. The lowest BCUT2D eigenvalue weighted by molar-refractivity contribution is -0.142. The van der Waals surface area contributed by atoms with Gasteiger partial charge in [0, 0.05) is 22.3 Å². The highest BCUT2D eigenvalue weighted by molar-refractivity contribution is 6.30. The molecule has 0 radical (unpaired) electrons. The predicted molar refractivity (Wildman–Crippen MR) is 99.6 cm³/mol. The number of anilines is 1. The second kappa shape index (κ2) is 9.48. The van der Waals surface area contributed by atoms with E-state index in [0.29, 0.717) is 27.8 Å². The van der Waals surface area contributed by atoms with E-state index in [1.807, 2.05) is 0 Å². The third-order valence-corrected chi connectivity index (χ3v) is 3.52. The molecule has 0 aromatic heterocycles. The van der Waals surface area contributed by atoms with Crippen molar-refractivity contribution >= 4 is 35.2 Å². The SMILES string of the molecule is COc1ccc(OC)c(/C=C/C(=O)OCC(=O)Nc2cccc(Cl)c2)c1. The fourth-order valence-electron chi connectivity index (χ4n) is 2.08. The van der Waals surface area contributed by atoms with E-state index in [9.17, 15) is 9.59 Å². The van der Waals surface area contributed by atoms with Gasteiger partial charge in [0.05, 0.1) is 14.2 Å². The van der Waals surface area contributed by atoms with Crippen LogP contribution in [0.4, 0.5) is 5.69 Å². The highest BCUT2D eigenvalue weighted by atomic mass is 35.5. The number of halogens is 1. The van der Waals surface area contributed by atoms with Gasteiger partial charge >= 0.3 is 5.97 Å². The Labute approximate surface area is 156 Å². The van der Waals surface area contributed by atoms with Crippen LogP contribution in [0.3, 0.4) is 0 Å². The predicted octanol–water partition coefficient (Wildman–Crippen LogP) is 3.55. The zero-order valence-electron chi connectivity index (χ0n) is 14.3. The summed E-state index contributed by atoms with van der Waals surface area (Å²) in [6, 6.07) is 11.9. The first-order valence-electron chi connectivity index (χ1n) is 7.64. The van der Waals surface area contributed by atoms with Crippen molar-refractivity contribution < 1.29 is 23.8 Å². The maximum atomic E-state index is 11.8. The Morgan fingerprint density at radius 3 is 2.62 bits per heavy atom. The molecule has 0 saturated carbocycles. The Bertz CT molecular complexity index is 819. The Hall–Kier alpha value is -2.99. The first kappa shape index (κ1) is 19.3. The smallest absolute Gasteiger partial charge is 0.331 e. The summed E-state index contributed by atoms with van der Waals surface area (Å²) in [6.07, 6.45) is 2.74. The van der Waals surface area contributed by atoms with E-state index in [4.69, 9.17) is 25.8 Å². The molecule has 0 aliphatic heterocycles. The van der Waals surface area contributed by atoms with Crippen LogP contribution >= 0.6 is 11.6 Å². The number of esters is 1. The van der Waals surface area contributed by atoms with Crippen molar-refractivity contribution in [3.63, 3.8) is 0 Å². The van der Waals surface area contributed by atoms with E-state index in [1.54, 1.807) is 49.6 Å². The van der Waals surface area contributed by atoms with Crippen LogP contribution < -0.4 is 14.8 Å². The first-order chi connectivity index (χ1) is 12.5. The summed E-state index contributed by atoms with van der Waals surface area (Å²) in [7, 11) is 3.07. The molecule has 0 bridgehead atoms. The zero-order valence-corrected chi connectivity index (χ0v) is 15.1. The number of benzene rings is 2. The topological polar surface area (TPSA) is 73.9 Å². The molecule has 2 aromatic rings. The van der Waals surface area contributed by atoms with Gasteiger partial charge in [-0.3, -0.25) is 4.79 Å². The second-order valence-electron chi connectivity index (χ2n) is 5.11. The van der Waals surface area contributed by atoms with Gasteiger partial charge in [-0.25, -0.2) is 4.79 Å². The molecule has 0 aliphatic rings. The average Bonchev–Trinajstić information content (AvgIpc) is 2.64. The molecule has 0 fully saturated rings. The van der Waals surface area contributed by atoms with Gasteiger partial charge in [0.25, 0.3) is 5.91 Å². The molecule has 0 unspecified atom stereocenters. The quantitative estimate of drug-likeness (QED) is 0.591. The lowest BCUT2D eigenvalue weighted by Gasteiger charge is -2.07. The van der Waals surface area contributed by atoms with E-state index in [2.05, 4.69) is 5.32 Å². The zero-order chi connectivity index (χ0) is 18.9. The number of carbonyl (C=O) groups excluding carboxylic acids is 2. The molecule has 136 valence electrons. The van der Waals surface area contributed by atoms with Gasteiger partial charge < -0.3 is 19.5 Å². The maximum absolute atomic E-state index is 11.8. The molecule has 26 heavy (non-hydrogen) atoms. The molecule has 2 aromatic carbocycles. The van der Waals surface area contributed by atoms with Gasteiger partial charge in [-0.05, 0) is 42.5 Å². The van der Waals surface area contributed by atoms with Gasteiger partial charge in [0.1, 0.15) is 11.5 Å². The van der Waals surface area contributed by atoms with Crippen molar-refractivity contribution in [3.8, 4) is 11.5 Å². The minimum Gasteiger partial charge on any atom is -0.497 e. The number of methoxy groups -OCH3 is 2. The lowest BCUT2D eigenvalue weighted by Crippen LogP contribution is -2.20. The van der Waals surface area contributed by atoms with Crippen LogP contribution in [-0.4, -0.2) is 32.7 Å². The summed E-state index contributed by atoms with van der Waals surface area (Å²) < 4.78 is 15.3. The largest absolute Gasteiger partial charge is 0.497 e. The molecular weight excluding hydrogens is 358 g/mol. The minimum atomic E-state index is -0.656. The number of amides is 1. The number of nitrogens with one attached hydrogen (secondary N) is 1. The fourth-order valence-corrected chi connectivity index (χ4v) is 2.27. The van der Waals surface area contributed by atoms with Crippen LogP contribution in [0.15, 0.2) is 48.5 Å². The third-order valence-electron chi connectivity index (χ3n) is 3.29. The van der Waals surface area contributed by atoms with Gasteiger partial charge in [0.15, 0.2) is 6.61 Å². The summed E-state index contributed by atoms with van der Waals surface area (Å²) in [6.45, 7) is -0.412. The van der Waals surface area contributed by atoms with Crippen LogP contribution in [-0.2, 0) is 14.3 Å². The second-order valence-corrected chi connectivity index (χ2v) is 5.54. The number of hydrogen-bond donors (Lipinski definition) is 1. The lowest BCUT2D eigenvalue weighted by atomic mass is 10.1. The Morgan fingerprint density at radius 2 is 1.92 bits per heavy atom. The molecule has 1 amide bonds. The highest BCUT2D eigenvalue weighted by Gasteiger charge is 2.07. The molecule has 6 nitrogen and oxygen atoms in total. The van der Waals surface area contributed by atoms with Gasteiger partial charge in [-0.2, -0.15) is 0 Å². The van der Waals surface area contributed by atoms with Crippen LogP contribution in [0, 0.1) is 0 Å². The maximum Gasteiger partial charge on any atom is 0.331 e. The molecule has 7 heteroatoms. The molecule has 0 heterocycles. The van der Waals surface area contributed by atoms with Crippen molar-refractivity contribution in [2.24, 2.45) is 0 Å². The van der Waals surface area contributed by atoms with Crippen molar-refractivity contribution in [2.75, 3.05) is 26.1 Å². The fraction of sp³-hybridized carbons (Fsp3) is 0.158. The highest BCUT2D eigenvalue weighted by Crippen LogP contribution is 2.25. The van der Waals surface area contributed by atoms with E-state index in [1.165, 1.54) is 19.3 Å². The average molecular weight is 376 g/mol. The number of carbonyl (C=O) groups is 2. The molecule has 2 rings (SSSR count). The number of ether oxygens (including phenoxy) is 3. The van der Waals surface area contributed by atoms with Gasteiger partial charge in [-0.15, -0.1) is 0 Å². The standard InChI is InChI=1S/C19H18ClNO5/c1-24-16-7-8-17(25-2)13(10-16)6-9-19(23)26-12-18(22)21-15-5-3-4-14(20)11-15/h3-11H,12H2,1-2H3,(H,21,22)/b9-6+. The minimum absolute atomic E-state index is 0.412. The molecule has 0 saturated heterocycles. The van der Waals surface area contributed by atoms with Crippen molar-refractivity contribution in [2.45, 2.75) is 0 Å². The van der Waals surface area contributed by atoms with Gasteiger partial charge in [0.2, 0.25) is 0 Å². The van der Waals surface area contributed by atoms with Crippen LogP contribution in [0.2, 0.25) is 5.02 Å². The Balaban J connectivity index is 1.90. The molecule has 0 aliphatic carbocycles. The number of rotatable bonds is 7. The summed E-state index contributed by atoms with van der Waals surface area (Å²) >= 11 is 5.84. The number of hydrogen-bond acceptors (Lipinski definition) is 5. The van der Waals surface area contributed by atoms with E-state index in [-0.39, 0.29) is 0 Å². The molecular formula is C19H18ClNO5. The molecule has 0 spiro atoms. The summed E-state index contributed by atoms with van der Waals surface area (Å²) in [4.78, 5) is 23.6. The third kappa shape index (κ3) is 5.82. The normalized spacial score (nSPS) is 10.4.